The maximum atomic E-state index is 2.42. The zero-order valence-corrected chi connectivity index (χ0v) is 13.8. The third-order valence-corrected chi connectivity index (χ3v) is 10.1. The fourth-order valence-corrected chi connectivity index (χ4v) is 8.02. The van der Waals surface area contributed by atoms with Gasteiger partial charge in [-0.15, -0.1) is 0 Å². The molecule has 0 atom stereocenters. The lowest BCUT2D eigenvalue weighted by Crippen LogP contribution is -3.61. The lowest BCUT2D eigenvalue weighted by Gasteiger charge is -2.11. The van der Waals surface area contributed by atoms with E-state index in [9.17, 15) is 0 Å². The van der Waals surface area contributed by atoms with Crippen molar-refractivity contribution >= 4 is 23.9 Å². The molecule has 1 heterocycles. The Hall–Kier alpha value is -0.133. The molecule has 1 aromatic carbocycles. The van der Waals surface area contributed by atoms with Gasteiger partial charge in [-0.3, -0.25) is 0 Å². The van der Waals surface area contributed by atoms with E-state index in [2.05, 4.69) is 62.1 Å². The summed E-state index contributed by atoms with van der Waals surface area (Å²) in [5, 5.41) is 0. The summed E-state index contributed by atoms with van der Waals surface area (Å²) in [6.07, 6.45) is 0. The van der Waals surface area contributed by atoms with E-state index < -0.39 is 8.07 Å². The highest BCUT2D eigenvalue weighted by atomic mass is 127. The minimum absolute atomic E-state index is 0.0419. The van der Waals surface area contributed by atoms with Gasteiger partial charge in [0.2, 0.25) is 2.88 Å². The largest absolute Gasteiger partial charge is 0.369 e. The summed E-state index contributed by atoms with van der Waals surface area (Å²) in [6, 6.07) is 15.6. The molecule has 0 bridgehead atoms. The molecule has 0 aliphatic rings. The van der Waals surface area contributed by atoms with Crippen molar-refractivity contribution in [2.45, 2.75) is 19.6 Å². The first-order valence-corrected chi connectivity index (χ1v) is 11.8. The van der Waals surface area contributed by atoms with E-state index in [1.165, 1.54) is 3.57 Å². The molecule has 16 heavy (non-hydrogen) atoms. The van der Waals surface area contributed by atoms with E-state index in [1.807, 2.05) is 11.3 Å². The molecule has 0 saturated carbocycles. The fourth-order valence-electron chi connectivity index (χ4n) is 1.35. The van der Waals surface area contributed by atoms with Crippen LogP contribution in [0.15, 0.2) is 42.5 Å². The van der Waals surface area contributed by atoms with Crippen LogP contribution in [-0.2, 0) is 0 Å². The van der Waals surface area contributed by atoms with Crippen molar-refractivity contribution in [2.75, 3.05) is 0 Å². The molecule has 84 valence electrons. The molecule has 0 N–H and O–H groups in total. The van der Waals surface area contributed by atoms with Crippen molar-refractivity contribution in [3.63, 3.8) is 0 Å². The van der Waals surface area contributed by atoms with Crippen LogP contribution in [0.4, 0.5) is 0 Å². The Morgan fingerprint density at radius 1 is 0.938 bits per heavy atom. The number of rotatable bonds is 3. The van der Waals surface area contributed by atoms with Crippen molar-refractivity contribution < 1.29 is 21.2 Å². The van der Waals surface area contributed by atoms with Gasteiger partial charge in [-0.25, -0.2) is 0 Å². The predicted octanol–water partition coefficient (Wildman–Crippen LogP) is 0.422. The van der Waals surface area contributed by atoms with Crippen molar-refractivity contribution in [3.05, 3.63) is 48.9 Å². The Kier molecular flexibility index (Phi) is 3.87. The monoisotopic (exact) mass is 359 g/mol. The molecule has 2 rings (SSSR count). The average molecular weight is 359 g/mol. The molecule has 0 fully saturated rings. The number of thiophene rings is 1. The third-order valence-electron chi connectivity index (χ3n) is 2.25. The Bertz CT molecular complexity index is 456. The van der Waals surface area contributed by atoms with Crippen molar-refractivity contribution in [3.8, 4) is 0 Å². The molecule has 0 radical (unpaired) electrons. The minimum Gasteiger partial charge on any atom is -0.0974 e. The molecular formula is C13H16ISSi+. The van der Waals surface area contributed by atoms with Crippen molar-refractivity contribution in [1.82, 2.24) is 0 Å². The summed E-state index contributed by atoms with van der Waals surface area (Å²) in [5.41, 5.74) is 0. The maximum absolute atomic E-state index is 2.42. The van der Waals surface area contributed by atoms with Crippen molar-refractivity contribution in [2.24, 2.45) is 0 Å². The lowest BCUT2D eigenvalue weighted by atomic mass is 10.4. The molecule has 3 heteroatoms. The van der Waals surface area contributed by atoms with Gasteiger partial charge in [-0.05, 0) is 22.7 Å². The standard InChI is InChI=1S/C13H16ISSi/c1-16(2,3)13-10-9-12(15-13)14-11-7-5-4-6-8-11/h4-10H,1-3H3/q+1. The molecule has 0 aliphatic heterocycles. The van der Waals surface area contributed by atoms with Gasteiger partial charge in [-0.2, -0.15) is 0 Å². The van der Waals surface area contributed by atoms with E-state index in [0.717, 1.165) is 0 Å². The topological polar surface area (TPSA) is 0 Å². The highest BCUT2D eigenvalue weighted by molar-refractivity contribution is 7.24. The van der Waals surface area contributed by atoms with Gasteiger partial charge in [0.1, 0.15) is 0 Å². The van der Waals surface area contributed by atoms with Crippen molar-refractivity contribution in [1.29, 1.82) is 0 Å². The summed E-state index contributed by atoms with van der Waals surface area (Å²) in [5.74, 6) is 0. The van der Waals surface area contributed by atoms with Crippen LogP contribution in [0.25, 0.3) is 0 Å². The Morgan fingerprint density at radius 2 is 1.62 bits per heavy atom. The van der Waals surface area contributed by atoms with Gasteiger partial charge in [0.25, 0.3) is 0 Å². The van der Waals surface area contributed by atoms with Crippen LogP contribution >= 0.6 is 11.3 Å². The van der Waals surface area contributed by atoms with Gasteiger partial charge in [-0.1, -0.05) is 49.2 Å². The van der Waals surface area contributed by atoms with Gasteiger partial charge < -0.3 is 0 Å². The van der Waals surface area contributed by atoms with E-state index in [-0.39, 0.29) is 21.2 Å². The van der Waals surface area contributed by atoms with Gasteiger partial charge in [0.05, 0.1) is 8.07 Å². The maximum Gasteiger partial charge on any atom is 0.369 e. The number of benzene rings is 1. The molecule has 0 spiro atoms. The van der Waals surface area contributed by atoms with Crippen LogP contribution in [0.5, 0.6) is 0 Å². The van der Waals surface area contributed by atoms with Crippen LogP contribution in [0.2, 0.25) is 19.6 Å². The van der Waals surface area contributed by atoms with Crippen LogP contribution in [0, 0.1) is 6.45 Å². The molecule has 0 saturated heterocycles. The smallest absolute Gasteiger partial charge is 0.0974 e. The third kappa shape index (κ3) is 3.18. The summed E-state index contributed by atoms with van der Waals surface area (Å²) in [4.78, 5) is 0. The molecule has 1 aromatic heterocycles. The van der Waals surface area contributed by atoms with Crippen LogP contribution in [0.1, 0.15) is 0 Å². The molecule has 0 nitrogen and oxygen atoms in total. The second-order valence-electron chi connectivity index (χ2n) is 4.74. The van der Waals surface area contributed by atoms with Crippen LogP contribution in [-0.4, -0.2) is 8.07 Å². The highest BCUT2D eigenvalue weighted by Gasteiger charge is 2.23. The predicted molar refractivity (Wildman–Crippen MR) is 71.1 cm³/mol. The normalized spacial score (nSPS) is 11.7. The molecule has 0 unspecified atom stereocenters. The summed E-state index contributed by atoms with van der Waals surface area (Å²) >= 11 is 2.09. The second-order valence-corrected chi connectivity index (χ2v) is 14.9. The van der Waals surface area contributed by atoms with Crippen LogP contribution < -0.4 is 25.7 Å². The Morgan fingerprint density at radius 3 is 2.19 bits per heavy atom. The summed E-state index contributed by atoms with van der Waals surface area (Å²) < 4.78 is 4.76. The first kappa shape index (κ1) is 12.3. The average Bonchev–Trinajstić information content (AvgIpc) is 2.67. The van der Waals surface area contributed by atoms with E-state index in [1.54, 1.807) is 7.38 Å². The fraction of sp³-hybridized carbons (Fsp3) is 0.231. The first-order chi connectivity index (χ1) is 7.55. The highest BCUT2D eigenvalue weighted by Crippen LogP contribution is 2.06. The minimum atomic E-state index is -1.09. The lowest BCUT2D eigenvalue weighted by molar-refractivity contribution is -0.591. The Labute approximate surface area is 113 Å². The molecule has 0 amide bonds. The molecule has 2 aromatic rings. The Balaban J connectivity index is 2.15. The van der Waals surface area contributed by atoms with Gasteiger partial charge in [0, 0.05) is 6.07 Å². The first-order valence-electron chi connectivity index (χ1n) is 5.36. The number of hydrogen-bond acceptors (Lipinski definition) is 1. The van der Waals surface area contributed by atoms with E-state index >= 15 is 0 Å². The van der Waals surface area contributed by atoms with Gasteiger partial charge in [0.15, 0.2) is 3.57 Å². The van der Waals surface area contributed by atoms with E-state index in [0.29, 0.717) is 0 Å². The van der Waals surface area contributed by atoms with E-state index in [4.69, 9.17) is 0 Å². The molecule has 0 aliphatic carbocycles. The zero-order valence-electron chi connectivity index (χ0n) is 9.83. The number of halogens is 1. The quantitative estimate of drug-likeness (QED) is 0.551. The van der Waals surface area contributed by atoms with Gasteiger partial charge >= 0.3 is 21.2 Å². The summed E-state index contributed by atoms with van der Waals surface area (Å²) in [7, 11) is -1.09. The second kappa shape index (κ2) is 5.02. The van der Waals surface area contributed by atoms with Crippen LogP contribution in [0.3, 0.4) is 0 Å². The molecular weight excluding hydrogens is 343 g/mol. The number of hydrogen-bond donors (Lipinski definition) is 0. The summed E-state index contributed by atoms with van der Waals surface area (Å²) in [6.45, 7) is 7.26. The SMILES string of the molecule is C[Si](C)(C)c1ccc([I+]c2ccccc2)s1. The zero-order chi connectivity index (χ0) is 11.6.